The Morgan fingerprint density at radius 3 is 2.80 bits per heavy atom. The van der Waals surface area contributed by atoms with Gasteiger partial charge in [-0.2, -0.15) is 4.98 Å². The van der Waals surface area contributed by atoms with E-state index in [1.807, 2.05) is 13.8 Å². The number of hydrogen-bond donors (Lipinski definition) is 1. The third-order valence-electron chi connectivity index (χ3n) is 3.96. The molecular weight excluding hydrogens is 258 g/mol. The zero-order valence-corrected chi connectivity index (χ0v) is 12.7. The van der Waals surface area contributed by atoms with Gasteiger partial charge in [0.1, 0.15) is 6.10 Å². The van der Waals surface area contributed by atoms with Crippen molar-refractivity contribution in [2.75, 3.05) is 19.7 Å². The SMILES string of the molecule is CCC(O)C(C)c1nc(C2CN(C(C)C)CCO2)no1. The van der Waals surface area contributed by atoms with Crippen molar-refractivity contribution in [1.29, 1.82) is 0 Å². The third kappa shape index (κ3) is 3.37. The van der Waals surface area contributed by atoms with Crippen LogP contribution in [0.3, 0.4) is 0 Å². The molecule has 1 N–H and O–H groups in total. The highest BCUT2D eigenvalue weighted by Crippen LogP contribution is 2.24. The molecule has 6 heteroatoms. The maximum Gasteiger partial charge on any atom is 0.232 e. The van der Waals surface area contributed by atoms with Gasteiger partial charge < -0.3 is 14.4 Å². The number of morpholine rings is 1. The average Bonchev–Trinajstić information content (AvgIpc) is 2.95. The first-order valence-electron chi connectivity index (χ1n) is 7.40. The molecule has 0 radical (unpaired) electrons. The fraction of sp³-hybridized carbons (Fsp3) is 0.857. The maximum absolute atomic E-state index is 9.85. The molecule has 1 fully saturated rings. The second kappa shape index (κ2) is 6.65. The molecule has 2 rings (SSSR count). The van der Waals surface area contributed by atoms with Crippen molar-refractivity contribution in [3.8, 4) is 0 Å². The first-order chi connectivity index (χ1) is 9.52. The number of aliphatic hydroxyl groups is 1. The predicted molar refractivity (Wildman–Crippen MR) is 74.4 cm³/mol. The van der Waals surface area contributed by atoms with Crippen molar-refractivity contribution >= 4 is 0 Å². The summed E-state index contributed by atoms with van der Waals surface area (Å²) < 4.78 is 11.0. The van der Waals surface area contributed by atoms with Crippen molar-refractivity contribution in [3.05, 3.63) is 11.7 Å². The molecule has 6 nitrogen and oxygen atoms in total. The molecule has 0 spiro atoms. The lowest BCUT2D eigenvalue weighted by Crippen LogP contribution is -2.42. The fourth-order valence-electron chi connectivity index (χ4n) is 2.38. The minimum absolute atomic E-state index is 0.144. The van der Waals surface area contributed by atoms with Crippen LogP contribution < -0.4 is 0 Å². The van der Waals surface area contributed by atoms with E-state index >= 15 is 0 Å². The highest BCUT2D eigenvalue weighted by atomic mass is 16.5. The average molecular weight is 283 g/mol. The summed E-state index contributed by atoms with van der Waals surface area (Å²) in [6.45, 7) is 10.6. The van der Waals surface area contributed by atoms with Gasteiger partial charge in [-0.1, -0.05) is 19.0 Å². The van der Waals surface area contributed by atoms with Crippen LogP contribution in [0.2, 0.25) is 0 Å². The molecule has 1 saturated heterocycles. The van der Waals surface area contributed by atoms with Gasteiger partial charge in [0, 0.05) is 19.1 Å². The van der Waals surface area contributed by atoms with E-state index in [-0.39, 0.29) is 12.0 Å². The van der Waals surface area contributed by atoms with Crippen LogP contribution in [-0.4, -0.2) is 52.0 Å². The molecule has 0 aromatic carbocycles. The summed E-state index contributed by atoms with van der Waals surface area (Å²) in [7, 11) is 0. The first kappa shape index (κ1) is 15.4. The van der Waals surface area contributed by atoms with E-state index in [0.29, 0.717) is 30.8 Å². The molecule has 1 aromatic rings. The van der Waals surface area contributed by atoms with E-state index < -0.39 is 6.10 Å². The second-order valence-corrected chi connectivity index (χ2v) is 5.70. The van der Waals surface area contributed by atoms with Crippen molar-refractivity contribution in [3.63, 3.8) is 0 Å². The van der Waals surface area contributed by atoms with Gasteiger partial charge in [0.05, 0.1) is 18.6 Å². The van der Waals surface area contributed by atoms with Crippen molar-refractivity contribution in [2.24, 2.45) is 0 Å². The predicted octanol–water partition coefficient (Wildman–Crippen LogP) is 1.73. The number of aromatic nitrogens is 2. The topological polar surface area (TPSA) is 71.6 Å². The minimum Gasteiger partial charge on any atom is -0.392 e. The van der Waals surface area contributed by atoms with E-state index in [4.69, 9.17) is 9.26 Å². The number of rotatable bonds is 5. The largest absolute Gasteiger partial charge is 0.392 e. The van der Waals surface area contributed by atoms with Crippen LogP contribution in [-0.2, 0) is 4.74 Å². The van der Waals surface area contributed by atoms with E-state index in [1.54, 1.807) is 0 Å². The molecule has 0 aliphatic carbocycles. The Morgan fingerprint density at radius 1 is 1.40 bits per heavy atom. The Hall–Kier alpha value is -0.980. The van der Waals surface area contributed by atoms with Crippen molar-refractivity contribution < 1.29 is 14.4 Å². The van der Waals surface area contributed by atoms with Crippen LogP contribution in [0.15, 0.2) is 4.52 Å². The monoisotopic (exact) mass is 283 g/mol. The van der Waals surface area contributed by atoms with Gasteiger partial charge in [-0.25, -0.2) is 0 Å². The van der Waals surface area contributed by atoms with Crippen molar-refractivity contribution in [2.45, 2.75) is 58.3 Å². The lowest BCUT2D eigenvalue weighted by atomic mass is 10.0. The van der Waals surface area contributed by atoms with Crippen LogP contribution in [0.5, 0.6) is 0 Å². The summed E-state index contributed by atoms with van der Waals surface area (Å²) in [5.74, 6) is 0.922. The van der Waals surface area contributed by atoms with Gasteiger partial charge in [0.2, 0.25) is 11.7 Å². The van der Waals surface area contributed by atoms with Crippen LogP contribution in [0.1, 0.15) is 57.9 Å². The summed E-state index contributed by atoms with van der Waals surface area (Å²) in [5.41, 5.74) is 0. The number of ether oxygens (including phenoxy) is 1. The Labute approximate surface area is 120 Å². The fourth-order valence-corrected chi connectivity index (χ4v) is 2.38. The lowest BCUT2D eigenvalue weighted by molar-refractivity contribution is -0.0450. The summed E-state index contributed by atoms with van der Waals surface area (Å²) in [6, 6.07) is 0.480. The summed E-state index contributed by atoms with van der Waals surface area (Å²) in [5, 5.41) is 13.9. The van der Waals surface area contributed by atoms with Gasteiger partial charge in [-0.3, -0.25) is 4.90 Å². The summed E-state index contributed by atoms with van der Waals surface area (Å²) >= 11 is 0. The van der Waals surface area contributed by atoms with Crippen molar-refractivity contribution in [1.82, 2.24) is 15.0 Å². The Balaban J connectivity index is 2.04. The highest BCUT2D eigenvalue weighted by Gasteiger charge is 2.29. The number of hydrogen-bond acceptors (Lipinski definition) is 6. The van der Waals surface area contributed by atoms with Crippen LogP contribution in [0.4, 0.5) is 0 Å². The molecule has 0 bridgehead atoms. The Bertz CT molecular complexity index is 422. The zero-order chi connectivity index (χ0) is 14.7. The molecule has 0 saturated carbocycles. The first-order valence-corrected chi connectivity index (χ1v) is 7.40. The van der Waals surface area contributed by atoms with E-state index in [0.717, 1.165) is 13.1 Å². The number of aliphatic hydroxyl groups excluding tert-OH is 1. The Kier molecular flexibility index (Phi) is 5.12. The van der Waals surface area contributed by atoms with Gasteiger partial charge in [0.15, 0.2) is 0 Å². The van der Waals surface area contributed by atoms with Crippen LogP contribution in [0.25, 0.3) is 0 Å². The molecule has 2 heterocycles. The van der Waals surface area contributed by atoms with Crippen LogP contribution >= 0.6 is 0 Å². The molecule has 0 amide bonds. The van der Waals surface area contributed by atoms with Gasteiger partial charge in [-0.15, -0.1) is 0 Å². The molecule has 114 valence electrons. The van der Waals surface area contributed by atoms with E-state index in [9.17, 15) is 5.11 Å². The second-order valence-electron chi connectivity index (χ2n) is 5.70. The normalized spacial score (nSPS) is 24.0. The summed E-state index contributed by atoms with van der Waals surface area (Å²) in [6.07, 6.45) is 0.0669. The number of nitrogens with zero attached hydrogens (tertiary/aromatic N) is 3. The third-order valence-corrected chi connectivity index (χ3v) is 3.96. The molecule has 1 aromatic heterocycles. The molecular formula is C14H25N3O3. The maximum atomic E-state index is 9.85. The quantitative estimate of drug-likeness (QED) is 0.887. The summed E-state index contributed by atoms with van der Waals surface area (Å²) in [4.78, 5) is 6.75. The molecule has 20 heavy (non-hydrogen) atoms. The van der Waals surface area contributed by atoms with E-state index in [2.05, 4.69) is 28.9 Å². The van der Waals surface area contributed by atoms with Gasteiger partial charge in [-0.05, 0) is 20.3 Å². The smallest absolute Gasteiger partial charge is 0.232 e. The molecule has 3 unspecified atom stereocenters. The molecule has 1 aliphatic heterocycles. The van der Waals surface area contributed by atoms with Gasteiger partial charge in [0.25, 0.3) is 0 Å². The molecule has 3 atom stereocenters. The minimum atomic E-state index is -0.456. The standard InChI is InChI=1S/C14H25N3O3/c1-5-11(18)10(4)14-15-13(16-20-14)12-8-17(9(2)3)6-7-19-12/h9-12,18H,5-8H2,1-4H3. The lowest BCUT2D eigenvalue weighted by Gasteiger charge is -2.34. The molecule has 1 aliphatic rings. The Morgan fingerprint density at radius 2 is 2.15 bits per heavy atom. The zero-order valence-electron chi connectivity index (χ0n) is 12.7. The highest BCUT2D eigenvalue weighted by molar-refractivity contribution is 4.99. The van der Waals surface area contributed by atoms with E-state index in [1.165, 1.54) is 0 Å². The van der Waals surface area contributed by atoms with Gasteiger partial charge >= 0.3 is 0 Å². The van der Waals surface area contributed by atoms with Crippen LogP contribution in [0, 0.1) is 0 Å².